The van der Waals surface area contributed by atoms with Crippen LogP contribution in [0, 0.1) is 18.6 Å². The van der Waals surface area contributed by atoms with E-state index in [1.54, 1.807) is 0 Å². The monoisotopic (exact) mass is 254 g/mol. The van der Waals surface area contributed by atoms with Crippen molar-refractivity contribution in [2.75, 3.05) is 7.11 Å². The van der Waals surface area contributed by atoms with E-state index in [-0.39, 0.29) is 11.1 Å². The molecule has 0 aliphatic heterocycles. The molecule has 1 aliphatic carbocycles. The van der Waals surface area contributed by atoms with Gasteiger partial charge in [-0.15, -0.1) is 0 Å². The number of aryl methyl sites for hydroxylation is 1. The van der Waals surface area contributed by atoms with Crippen LogP contribution < -0.4 is 0 Å². The first-order valence-corrected chi connectivity index (χ1v) is 6.06. The number of Topliss-reactive ketones (excluding diaryl/α,β-unsaturated/α-hetero) is 1. The number of methoxy groups -OCH3 is 1. The third-order valence-electron chi connectivity index (χ3n) is 3.74. The fourth-order valence-corrected chi connectivity index (χ4v) is 2.54. The summed E-state index contributed by atoms with van der Waals surface area (Å²) in [5.41, 5.74) is -0.980. The van der Waals surface area contributed by atoms with Crippen molar-refractivity contribution in [3.63, 3.8) is 0 Å². The highest BCUT2D eigenvalue weighted by molar-refractivity contribution is 6.03. The van der Waals surface area contributed by atoms with Gasteiger partial charge in [0.2, 0.25) is 0 Å². The smallest absolute Gasteiger partial charge is 0.197 e. The maximum atomic E-state index is 13.8. The summed E-state index contributed by atoms with van der Waals surface area (Å²) in [5, 5.41) is 0. The number of rotatable bonds is 3. The molecule has 1 aliphatic rings. The normalized spacial score (nSPS) is 18.0. The van der Waals surface area contributed by atoms with Crippen molar-refractivity contribution < 1.29 is 18.3 Å². The molecule has 1 saturated carbocycles. The van der Waals surface area contributed by atoms with Crippen LogP contribution in [-0.4, -0.2) is 18.5 Å². The quantitative estimate of drug-likeness (QED) is 0.773. The van der Waals surface area contributed by atoms with E-state index in [1.807, 2.05) is 0 Å². The van der Waals surface area contributed by atoms with Crippen molar-refractivity contribution >= 4 is 5.78 Å². The van der Waals surface area contributed by atoms with E-state index in [2.05, 4.69) is 0 Å². The summed E-state index contributed by atoms with van der Waals surface area (Å²) in [5.74, 6) is -2.47. The molecule has 0 radical (unpaired) electrons. The van der Waals surface area contributed by atoms with E-state index in [1.165, 1.54) is 26.2 Å². The Bertz CT molecular complexity index is 477. The Balaban J connectivity index is 2.43. The number of ketones is 1. The first-order chi connectivity index (χ1) is 8.52. The summed E-state index contributed by atoms with van der Waals surface area (Å²) in [6.07, 6.45) is 2.87. The molecule has 0 bridgehead atoms. The first kappa shape index (κ1) is 13.1. The predicted octanol–water partition coefficient (Wildman–Crippen LogP) is 3.42. The SMILES string of the molecule is COC1(C(=O)c2ccc(C)c(F)c2F)CCCC1. The van der Waals surface area contributed by atoms with Gasteiger partial charge < -0.3 is 4.74 Å². The molecule has 2 rings (SSSR count). The third kappa shape index (κ3) is 1.94. The highest BCUT2D eigenvalue weighted by Crippen LogP contribution is 2.36. The van der Waals surface area contributed by atoms with Gasteiger partial charge in [0, 0.05) is 7.11 Å². The van der Waals surface area contributed by atoms with Gasteiger partial charge >= 0.3 is 0 Å². The molecule has 0 atom stereocenters. The van der Waals surface area contributed by atoms with Gasteiger partial charge in [-0.2, -0.15) is 0 Å². The second-order valence-electron chi connectivity index (χ2n) is 4.79. The van der Waals surface area contributed by atoms with Crippen LogP contribution in [0.15, 0.2) is 12.1 Å². The van der Waals surface area contributed by atoms with Gasteiger partial charge in [0.25, 0.3) is 0 Å². The van der Waals surface area contributed by atoms with Gasteiger partial charge in [0.1, 0.15) is 5.60 Å². The molecule has 98 valence electrons. The van der Waals surface area contributed by atoms with Crippen molar-refractivity contribution in [1.29, 1.82) is 0 Å². The van der Waals surface area contributed by atoms with Crippen molar-refractivity contribution in [3.05, 3.63) is 34.9 Å². The lowest BCUT2D eigenvalue weighted by atomic mass is 9.90. The lowest BCUT2D eigenvalue weighted by molar-refractivity contribution is 0.00562. The van der Waals surface area contributed by atoms with Crippen molar-refractivity contribution in [1.82, 2.24) is 0 Å². The molecule has 1 aromatic rings. The standard InChI is InChI=1S/C14H16F2O2/c1-9-5-6-10(12(16)11(9)15)13(17)14(18-2)7-3-4-8-14/h5-6H,3-4,7-8H2,1-2H3. The van der Waals surface area contributed by atoms with Crippen LogP contribution in [0.1, 0.15) is 41.6 Å². The van der Waals surface area contributed by atoms with Gasteiger partial charge in [-0.1, -0.05) is 6.07 Å². The zero-order valence-electron chi connectivity index (χ0n) is 10.6. The van der Waals surface area contributed by atoms with Crippen molar-refractivity contribution in [2.45, 2.75) is 38.2 Å². The summed E-state index contributed by atoms with van der Waals surface area (Å²) in [6, 6.07) is 2.76. The Morgan fingerprint density at radius 2 is 1.83 bits per heavy atom. The minimum Gasteiger partial charge on any atom is -0.370 e. The second-order valence-corrected chi connectivity index (χ2v) is 4.79. The van der Waals surface area contributed by atoms with E-state index in [0.29, 0.717) is 12.8 Å². The van der Waals surface area contributed by atoms with Crippen LogP contribution in [0.4, 0.5) is 8.78 Å². The highest BCUT2D eigenvalue weighted by Gasteiger charge is 2.42. The highest BCUT2D eigenvalue weighted by atomic mass is 19.2. The summed E-state index contributed by atoms with van der Waals surface area (Å²) >= 11 is 0. The number of ether oxygens (including phenoxy) is 1. The van der Waals surface area contributed by atoms with Gasteiger partial charge in [0.15, 0.2) is 17.4 Å². The number of carbonyl (C=O) groups excluding carboxylic acids is 1. The summed E-state index contributed by atoms with van der Waals surface area (Å²) < 4.78 is 32.6. The molecule has 2 nitrogen and oxygen atoms in total. The average molecular weight is 254 g/mol. The molecule has 4 heteroatoms. The largest absolute Gasteiger partial charge is 0.370 e. The molecule has 0 heterocycles. The van der Waals surface area contributed by atoms with E-state index in [4.69, 9.17) is 4.74 Å². The van der Waals surface area contributed by atoms with E-state index >= 15 is 0 Å². The maximum absolute atomic E-state index is 13.8. The second kappa shape index (κ2) is 4.76. The Morgan fingerprint density at radius 3 is 2.39 bits per heavy atom. The molecule has 0 aromatic heterocycles. The molecule has 0 N–H and O–H groups in total. The Kier molecular flexibility index (Phi) is 3.48. The topological polar surface area (TPSA) is 26.3 Å². The minimum absolute atomic E-state index is 0.196. The van der Waals surface area contributed by atoms with Gasteiger partial charge in [-0.3, -0.25) is 4.79 Å². The van der Waals surface area contributed by atoms with Gasteiger partial charge in [-0.05, 0) is 44.2 Å². The average Bonchev–Trinajstić information content (AvgIpc) is 2.85. The van der Waals surface area contributed by atoms with Gasteiger partial charge in [-0.25, -0.2) is 8.78 Å². The van der Waals surface area contributed by atoms with Crippen LogP contribution in [0.5, 0.6) is 0 Å². The molecular formula is C14H16F2O2. The summed E-state index contributed by atoms with van der Waals surface area (Å²) in [4.78, 5) is 12.4. The number of benzene rings is 1. The molecular weight excluding hydrogens is 238 g/mol. The third-order valence-corrected chi connectivity index (χ3v) is 3.74. The van der Waals surface area contributed by atoms with Crippen LogP contribution in [0.2, 0.25) is 0 Å². The molecule has 18 heavy (non-hydrogen) atoms. The maximum Gasteiger partial charge on any atom is 0.197 e. The van der Waals surface area contributed by atoms with E-state index in [9.17, 15) is 13.6 Å². The Labute approximate surface area is 105 Å². The number of hydrogen-bond donors (Lipinski definition) is 0. The van der Waals surface area contributed by atoms with Crippen LogP contribution >= 0.6 is 0 Å². The Morgan fingerprint density at radius 1 is 1.22 bits per heavy atom. The molecule has 0 unspecified atom stereocenters. The predicted molar refractivity (Wildman–Crippen MR) is 63.6 cm³/mol. The van der Waals surface area contributed by atoms with E-state index < -0.39 is 23.0 Å². The van der Waals surface area contributed by atoms with Crippen LogP contribution in [0.3, 0.4) is 0 Å². The fraction of sp³-hybridized carbons (Fsp3) is 0.500. The minimum atomic E-state index is -1.07. The zero-order valence-corrected chi connectivity index (χ0v) is 10.6. The lowest BCUT2D eigenvalue weighted by Crippen LogP contribution is -2.38. The van der Waals surface area contributed by atoms with Crippen molar-refractivity contribution in [3.8, 4) is 0 Å². The van der Waals surface area contributed by atoms with Crippen LogP contribution in [-0.2, 0) is 4.74 Å². The summed E-state index contributed by atoms with van der Waals surface area (Å²) in [6.45, 7) is 1.47. The summed E-state index contributed by atoms with van der Waals surface area (Å²) in [7, 11) is 1.45. The molecule has 0 amide bonds. The van der Waals surface area contributed by atoms with Gasteiger partial charge in [0.05, 0.1) is 5.56 Å². The first-order valence-electron chi connectivity index (χ1n) is 6.06. The number of halogens is 2. The van der Waals surface area contributed by atoms with E-state index in [0.717, 1.165) is 12.8 Å². The Hall–Kier alpha value is -1.29. The zero-order chi connectivity index (χ0) is 13.3. The number of carbonyl (C=O) groups is 1. The molecule has 0 spiro atoms. The molecule has 0 saturated heterocycles. The fourth-order valence-electron chi connectivity index (χ4n) is 2.54. The van der Waals surface area contributed by atoms with Crippen molar-refractivity contribution in [2.24, 2.45) is 0 Å². The van der Waals surface area contributed by atoms with Crippen LogP contribution in [0.25, 0.3) is 0 Å². The molecule has 1 fully saturated rings. The molecule has 1 aromatic carbocycles. The lowest BCUT2D eigenvalue weighted by Gasteiger charge is -2.26. The number of hydrogen-bond acceptors (Lipinski definition) is 2.